The lowest BCUT2D eigenvalue weighted by Gasteiger charge is -2.13. The van der Waals surface area contributed by atoms with E-state index in [9.17, 15) is 4.79 Å². The summed E-state index contributed by atoms with van der Waals surface area (Å²) in [5.41, 5.74) is 4.63. The van der Waals surface area contributed by atoms with Crippen LogP contribution in [0.2, 0.25) is 0 Å². The number of nitrogens with zero attached hydrogens (tertiary/aromatic N) is 1. The second kappa shape index (κ2) is 5.78. The number of aryl methyl sites for hydroxylation is 1. The average molecular weight is 367 g/mol. The highest BCUT2D eigenvalue weighted by molar-refractivity contribution is 9.10. The zero-order chi connectivity index (χ0) is 15.8. The lowest BCUT2D eigenvalue weighted by molar-refractivity contribution is 0.102. The molecule has 0 atom stereocenters. The van der Waals surface area contributed by atoms with Crippen LogP contribution in [-0.2, 0) is 12.8 Å². The molecule has 4 heteroatoms. The van der Waals surface area contributed by atoms with Crippen LogP contribution in [0.1, 0.15) is 28.0 Å². The number of amides is 1. The van der Waals surface area contributed by atoms with Crippen molar-refractivity contribution in [1.29, 1.82) is 0 Å². The van der Waals surface area contributed by atoms with E-state index in [-0.39, 0.29) is 5.91 Å². The molecule has 0 saturated carbocycles. The van der Waals surface area contributed by atoms with Crippen molar-refractivity contribution in [2.75, 3.05) is 5.32 Å². The van der Waals surface area contributed by atoms with Crippen molar-refractivity contribution < 1.29 is 4.79 Å². The third-order valence-electron chi connectivity index (χ3n) is 4.27. The topological polar surface area (TPSA) is 42.0 Å². The Hall–Kier alpha value is -2.20. The molecule has 0 saturated heterocycles. The van der Waals surface area contributed by atoms with Crippen LogP contribution in [0.15, 0.2) is 53.0 Å². The van der Waals surface area contributed by atoms with Crippen LogP contribution in [0.5, 0.6) is 0 Å². The van der Waals surface area contributed by atoms with Gasteiger partial charge in [0.25, 0.3) is 5.91 Å². The second-order valence-electron chi connectivity index (χ2n) is 5.72. The molecule has 0 unspecified atom stereocenters. The maximum absolute atomic E-state index is 13.0. The van der Waals surface area contributed by atoms with Gasteiger partial charge in [-0.2, -0.15) is 0 Å². The lowest BCUT2D eigenvalue weighted by atomic mass is 10.0. The number of halogens is 1. The van der Waals surface area contributed by atoms with Gasteiger partial charge in [0.05, 0.1) is 16.8 Å². The summed E-state index contributed by atoms with van der Waals surface area (Å²) < 4.78 is 0.878. The molecule has 2 aromatic carbocycles. The molecule has 0 fully saturated rings. The first-order valence-electron chi connectivity index (χ1n) is 7.70. The minimum Gasteiger partial charge on any atom is -0.321 e. The van der Waals surface area contributed by atoms with Crippen LogP contribution in [0.25, 0.3) is 10.9 Å². The fraction of sp³-hybridized carbons (Fsp3) is 0.158. The highest BCUT2D eigenvalue weighted by atomic mass is 79.9. The van der Waals surface area contributed by atoms with Gasteiger partial charge in [0.1, 0.15) is 0 Å². The molecule has 1 aliphatic carbocycles. The van der Waals surface area contributed by atoms with Gasteiger partial charge in [0.15, 0.2) is 0 Å². The van der Waals surface area contributed by atoms with E-state index in [0.717, 1.165) is 57.1 Å². The Morgan fingerprint density at radius 2 is 1.83 bits per heavy atom. The van der Waals surface area contributed by atoms with Crippen LogP contribution >= 0.6 is 15.9 Å². The average Bonchev–Trinajstić information content (AvgIpc) is 3.02. The smallest absolute Gasteiger partial charge is 0.256 e. The number of carbonyl (C=O) groups excluding carboxylic acids is 1. The monoisotopic (exact) mass is 366 g/mol. The zero-order valence-electron chi connectivity index (χ0n) is 12.5. The van der Waals surface area contributed by atoms with E-state index in [1.807, 2.05) is 48.5 Å². The summed E-state index contributed by atoms with van der Waals surface area (Å²) in [6.45, 7) is 0. The molecule has 4 rings (SSSR count). The van der Waals surface area contributed by atoms with E-state index in [0.29, 0.717) is 0 Å². The van der Waals surface area contributed by atoms with Crippen molar-refractivity contribution in [3.63, 3.8) is 0 Å². The number of hydrogen-bond acceptors (Lipinski definition) is 2. The molecular formula is C19H15BrN2O. The first-order valence-corrected chi connectivity index (χ1v) is 8.50. The summed E-state index contributed by atoms with van der Waals surface area (Å²) in [5.74, 6) is -0.0614. The number of para-hydroxylation sites is 2. The number of fused-ring (bicyclic) bond motifs is 2. The molecule has 1 aromatic heterocycles. The Bertz CT molecular complexity index is 920. The SMILES string of the molecule is O=C(Nc1ccccc1Br)c1c2c(nc3ccccc13)CCC2. The van der Waals surface area contributed by atoms with Crippen molar-refractivity contribution in [3.05, 3.63) is 69.8 Å². The quantitative estimate of drug-likeness (QED) is 0.711. The molecule has 0 spiro atoms. The number of aromatic nitrogens is 1. The van der Waals surface area contributed by atoms with E-state index in [2.05, 4.69) is 21.2 Å². The van der Waals surface area contributed by atoms with E-state index < -0.39 is 0 Å². The van der Waals surface area contributed by atoms with Crippen molar-refractivity contribution in [1.82, 2.24) is 4.98 Å². The number of anilines is 1. The van der Waals surface area contributed by atoms with Crippen LogP contribution in [0.3, 0.4) is 0 Å². The van der Waals surface area contributed by atoms with Gasteiger partial charge in [-0.1, -0.05) is 30.3 Å². The van der Waals surface area contributed by atoms with Gasteiger partial charge in [-0.15, -0.1) is 0 Å². The lowest BCUT2D eigenvalue weighted by Crippen LogP contribution is -2.16. The highest BCUT2D eigenvalue weighted by Crippen LogP contribution is 2.31. The Labute approximate surface area is 142 Å². The Kier molecular flexibility index (Phi) is 3.62. The number of benzene rings is 2. The van der Waals surface area contributed by atoms with E-state index in [1.165, 1.54) is 0 Å². The van der Waals surface area contributed by atoms with Gasteiger partial charge in [-0.25, -0.2) is 0 Å². The van der Waals surface area contributed by atoms with Crippen LogP contribution in [0, 0.1) is 0 Å². The summed E-state index contributed by atoms with van der Waals surface area (Å²) in [4.78, 5) is 17.7. The fourth-order valence-corrected chi connectivity index (χ4v) is 3.60. The Morgan fingerprint density at radius 3 is 2.70 bits per heavy atom. The van der Waals surface area contributed by atoms with Gasteiger partial charge < -0.3 is 5.32 Å². The highest BCUT2D eigenvalue weighted by Gasteiger charge is 2.23. The number of pyridine rings is 1. The molecule has 0 bridgehead atoms. The van der Waals surface area contributed by atoms with Gasteiger partial charge in [0, 0.05) is 15.6 Å². The van der Waals surface area contributed by atoms with Crippen molar-refractivity contribution in [3.8, 4) is 0 Å². The van der Waals surface area contributed by atoms with Crippen molar-refractivity contribution in [2.45, 2.75) is 19.3 Å². The van der Waals surface area contributed by atoms with Crippen LogP contribution in [0.4, 0.5) is 5.69 Å². The van der Waals surface area contributed by atoms with E-state index in [4.69, 9.17) is 4.98 Å². The largest absolute Gasteiger partial charge is 0.321 e. The first kappa shape index (κ1) is 14.4. The van der Waals surface area contributed by atoms with Gasteiger partial charge in [-0.3, -0.25) is 9.78 Å². The number of nitrogens with one attached hydrogen (secondary N) is 1. The molecule has 1 N–H and O–H groups in total. The maximum atomic E-state index is 13.0. The third kappa shape index (κ3) is 2.53. The first-order chi connectivity index (χ1) is 11.2. The fourth-order valence-electron chi connectivity index (χ4n) is 3.22. The molecule has 3 nitrogen and oxygen atoms in total. The molecular weight excluding hydrogens is 352 g/mol. The molecule has 0 aliphatic heterocycles. The normalized spacial score (nSPS) is 13.1. The maximum Gasteiger partial charge on any atom is 0.256 e. The summed E-state index contributed by atoms with van der Waals surface area (Å²) in [6, 6.07) is 15.5. The van der Waals surface area contributed by atoms with Gasteiger partial charge >= 0.3 is 0 Å². The van der Waals surface area contributed by atoms with Crippen LogP contribution in [-0.4, -0.2) is 10.9 Å². The minimum atomic E-state index is -0.0614. The van der Waals surface area contributed by atoms with E-state index in [1.54, 1.807) is 0 Å². The predicted molar refractivity (Wildman–Crippen MR) is 95.9 cm³/mol. The zero-order valence-corrected chi connectivity index (χ0v) is 14.1. The van der Waals surface area contributed by atoms with E-state index >= 15 is 0 Å². The Morgan fingerprint density at radius 1 is 1.04 bits per heavy atom. The molecule has 23 heavy (non-hydrogen) atoms. The number of carbonyl (C=O) groups is 1. The van der Waals surface area contributed by atoms with Gasteiger partial charge in [-0.05, 0) is 59.0 Å². The summed E-state index contributed by atoms with van der Waals surface area (Å²) in [6.07, 6.45) is 2.94. The van der Waals surface area contributed by atoms with Crippen molar-refractivity contribution in [2.24, 2.45) is 0 Å². The second-order valence-corrected chi connectivity index (χ2v) is 6.57. The summed E-state index contributed by atoms with van der Waals surface area (Å²) >= 11 is 3.48. The molecule has 114 valence electrons. The number of rotatable bonds is 2. The standard InChI is InChI=1S/C19H15BrN2O/c20-14-8-2-4-10-17(14)22-19(23)18-12-6-1-3-9-15(12)21-16-11-5-7-13(16)18/h1-4,6,8-10H,5,7,11H2,(H,22,23). The third-order valence-corrected chi connectivity index (χ3v) is 4.96. The molecule has 1 heterocycles. The van der Waals surface area contributed by atoms with Crippen LogP contribution < -0.4 is 5.32 Å². The summed E-state index contributed by atoms with van der Waals surface area (Å²) in [7, 11) is 0. The molecule has 3 aromatic rings. The van der Waals surface area contributed by atoms with Crippen molar-refractivity contribution >= 4 is 38.4 Å². The minimum absolute atomic E-state index is 0.0614. The molecule has 1 aliphatic rings. The molecule has 0 radical (unpaired) electrons. The predicted octanol–water partition coefficient (Wildman–Crippen LogP) is 4.74. The number of hydrogen-bond donors (Lipinski definition) is 1. The van der Waals surface area contributed by atoms with Gasteiger partial charge in [0.2, 0.25) is 0 Å². The molecule has 1 amide bonds. The Balaban J connectivity index is 1.85. The summed E-state index contributed by atoms with van der Waals surface area (Å²) in [5, 5.41) is 3.96.